The fourth-order valence-corrected chi connectivity index (χ4v) is 3.62. The summed E-state index contributed by atoms with van der Waals surface area (Å²) in [6, 6.07) is 2.20. The van der Waals surface area contributed by atoms with E-state index in [1.165, 1.54) is 12.8 Å². The maximum Gasteiger partial charge on any atom is 0.235 e. The van der Waals surface area contributed by atoms with Crippen LogP contribution in [0.2, 0.25) is 0 Å². The van der Waals surface area contributed by atoms with Gasteiger partial charge in [-0.1, -0.05) is 5.16 Å². The molecule has 6 nitrogen and oxygen atoms in total. The number of anilines is 1. The van der Waals surface area contributed by atoms with Gasteiger partial charge in [0.25, 0.3) is 0 Å². The van der Waals surface area contributed by atoms with Gasteiger partial charge in [0.05, 0.1) is 23.7 Å². The maximum atomic E-state index is 12.2. The van der Waals surface area contributed by atoms with Gasteiger partial charge in [-0.25, -0.2) is 4.68 Å². The zero-order chi connectivity index (χ0) is 16.4. The van der Waals surface area contributed by atoms with E-state index in [-0.39, 0.29) is 5.91 Å². The third-order valence-electron chi connectivity index (χ3n) is 4.29. The van der Waals surface area contributed by atoms with Crippen LogP contribution in [0, 0.1) is 19.8 Å². The molecule has 0 spiro atoms. The highest BCUT2D eigenvalue weighted by molar-refractivity contribution is 7.99. The highest BCUT2D eigenvalue weighted by Crippen LogP contribution is 2.40. The van der Waals surface area contributed by atoms with Crippen LogP contribution >= 0.6 is 11.8 Å². The van der Waals surface area contributed by atoms with Gasteiger partial charge in [0, 0.05) is 17.4 Å². The van der Waals surface area contributed by atoms with E-state index < -0.39 is 0 Å². The fourth-order valence-electron chi connectivity index (χ4n) is 2.65. The van der Waals surface area contributed by atoms with Gasteiger partial charge in [0.15, 0.2) is 0 Å². The topological polar surface area (TPSA) is 73.0 Å². The first-order valence-corrected chi connectivity index (χ1v) is 9.04. The van der Waals surface area contributed by atoms with Crippen molar-refractivity contribution in [1.29, 1.82) is 0 Å². The molecular weight excluding hydrogens is 312 g/mol. The fraction of sp³-hybridized carbons (Fsp3) is 0.562. The standard InChI is InChI=1S/C16H22N4O2S/c1-10-14(12(3)22-19-10)8-23-9-16(21)18-15-6-7-17-20(15)11(2)13-4-5-13/h6-7,11,13H,4-5,8-9H2,1-3H3,(H,18,21). The molecule has 3 rings (SSSR count). The second-order valence-corrected chi connectivity index (χ2v) is 7.07. The predicted octanol–water partition coefficient (Wildman–Crippen LogP) is 3.33. The summed E-state index contributed by atoms with van der Waals surface area (Å²) in [6.07, 6.45) is 4.24. The van der Waals surface area contributed by atoms with E-state index in [0.717, 1.165) is 28.6 Å². The van der Waals surface area contributed by atoms with E-state index in [9.17, 15) is 4.79 Å². The molecule has 2 aromatic heterocycles. The minimum absolute atomic E-state index is 0.00786. The lowest BCUT2D eigenvalue weighted by molar-refractivity contribution is -0.113. The summed E-state index contributed by atoms with van der Waals surface area (Å²) in [7, 11) is 0. The number of hydrogen-bond acceptors (Lipinski definition) is 5. The van der Waals surface area contributed by atoms with Crippen LogP contribution in [-0.4, -0.2) is 26.6 Å². The summed E-state index contributed by atoms with van der Waals surface area (Å²) in [5.74, 6) is 3.42. The average molecular weight is 334 g/mol. The van der Waals surface area contributed by atoms with Crippen LogP contribution in [0.3, 0.4) is 0 Å². The molecule has 23 heavy (non-hydrogen) atoms. The number of rotatable bonds is 7. The number of nitrogens with zero attached hydrogens (tertiary/aromatic N) is 3. The molecule has 1 fully saturated rings. The van der Waals surface area contributed by atoms with Crippen molar-refractivity contribution in [2.75, 3.05) is 11.1 Å². The lowest BCUT2D eigenvalue weighted by Crippen LogP contribution is -2.19. The van der Waals surface area contributed by atoms with Crippen LogP contribution in [0.5, 0.6) is 0 Å². The first-order chi connectivity index (χ1) is 11.1. The Hall–Kier alpha value is -1.76. The Morgan fingerprint density at radius 3 is 2.96 bits per heavy atom. The second kappa shape index (κ2) is 6.78. The third kappa shape index (κ3) is 3.77. The minimum Gasteiger partial charge on any atom is -0.361 e. The molecule has 2 heterocycles. The van der Waals surface area contributed by atoms with Gasteiger partial charge in [-0.2, -0.15) is 5.10 Å². The van der Waals surface area contributed by atoms with Crippen molar-refractivity contribution in [3.8, 4) is 0 Å². The summed E-state index contributed by atoms with van der Waals surface area (Å²) in [5, 5.41) is 11.2. The summed E-state index contributed by atoms with van der Waals surface area (Å²) in [5.41, 5.74) is 1.97. The van der Waals surface area contributed by atoms with Crippen molar-refractivity contribution in [1.82, 2.24) is 14.9 Å². The Morgan fingerprint density at radius 1 is 1.52 bits per heavy atom. The minimum atomic E-state index is -0.00786. The van der Waals surface area contributed by atoms with Gasteiger partial charge in [-0.05, 0) is 39.5 Å². The lowest BCUT2D eigenvalue weighted by Gasteiger charge is -2.15. The first-order valence-electron chi connectivity index (χ1n) is 7.89. The van der Waals surface area contributed by atoms with Gasteiger partial charge in [0.1, 0.15) is 11.6 Å². The van der Waals surface area contributed by atoms with Crippen molar-refractivity contribution in [3.05, 3.63) is 29.3 Å². The van der Waals surface area contributed by atoms with Crippen molar-refractivity contribution in [3.63, 3.8) is 0 Å². The van der Waals surface area contributed by atoms with Gasteiger partial charge in [-0.15, -0.1) is 11.8 Å². The number of carbonyl (C=O) groups excluding carboxylic acids is 1. The van der Waals surface area contributed by atoms with Crippen LogP contribution in [0.1, 0.15) is 42.8 Å². The molecule has 1 atom stereocenters. The molecule has 1 aliphatic rings. The van der Waals surface area contributed by atoms with Gasteiger partial charge in [0.2, 0.25) is 5.91 Å². The van der Waals surface area contributed by atoms with Gasteiger partial charge < -0.3 is 9.84 Å². The van der Waals surface area contributed by atoms with Gasteiger partial charge in [-0.3, -0.25) is 4.79 Å². The molecular formula is C16H22N4O2S. The van der Waals surface area contributed by atoms with E-state index in [2.05, 4.69) is 22.5 Å². The van der Waals surface area contributed by atoms with E-state index >= 15 is 0 Å². The molecule has 1 amide bonds. The monoisotopic (exact) mass is 334 g/mol. The highest BCUT2D eigenvalue weighted by Gasteiger charge is 2.30. The van der Waals surface area contributed by atoms with Crippen molar-refractivity contribution < 1.29 is 9.32 Å². The first kappa shape index (κ1) is 16.1. The molecule has 0 aliphatic heterocycles. The number of aromatic nitrogens is 3. The third-order valence-corrected chi connectivity index (χ3v) is 5.25. The number of aryl methyl sites for hydroxylation is 2. The number of amides is 1. The molecule has 1 aliphatic carbocycles. The molecule has 1 unspecified atom stereocenters. The number of carbonyl (C=O) groups is 1. The molecule has 1 saturated carbocycles. The average Bonchev–Trinajstić information content (AvgIpc) is 3.20. The zero-order valence-corrected chi connectivity index (χ0v) is 14.5. The predicted molar refractivity (Wildman–Crippen MR) is 90.4 cm³/mol. The summed E-state index contributed by atoms with van der Waals surface area (Å²) in [4.78, 5) is 12.2. The smallest absolute Gasteiger partial charge is 0.235 e. The normalized spacial score (nSPS) is 15.6. The van der Waals surface area contributed by atoms with Crippen LogP contribution in [0.25, 0.3) is 0 Å². The van der Waals surface area contributed by atoms with Crippen LogP contribution in [0.15, 0.2) is 16.8 Å². The van der Waals surface area contributed by atoms with Crippen LogP contribution in [-0.2, 0) is 10.5 Å². The summed E-state index contributed by atoms with van der Waals surface area (Å²) >= 11 is 1.56. The Balaban J connectivity index is 1.51. The Kier molecular flexibility index (Phi) is 4.75. The Bertz CT molecular complexity index is 671. The van der Waals surface area contributed by atoms with Crippen molar-refractivity contribution >= 4 is 23.5 Å². The van der Waals surface area contributed by atoms with Crippen LogP contribution in [0.4, 0.5) is 5.82 Å². The summed E-state index contributed by atoms with van der Waals surface area (Å²) in [6.45, 7) is 5.98. The molecule has 0 radical (unpaired) electrons. The molecule has 0 saturated heterocycles. The molecule has 7 heteroatoms. The number of hydrogen-bond donors (Lipinski definition) is 1. The maximum absolute atomic E-state index is 12.2. The largest absolute Gasteiger partial charge is 0.361 e. The van der Waals surface area contributed by atoms with Crippen molar-refractivity contribution in [2.45, 2.75) is 45.4 Å². The molecule has 2 aromatic rings. The van der Waals surface area contributed by atoms with E-state index in [0.29, 0.717) is 17.7 Å². The quantitative estimate of drug-likeness (QED) is 0.841. The summed E-state index contributed by atoms with van der Waals surface area (Å²) < 4.78 is 7.06. The molecule has 0 bridgehead atoms. The van der Waals surface area contributed by atoms with E-state index in [4.69, 9.17) is 4.52 Å². The van der Waals surface area contributed by atoms with Crippen LogP contribution < -0.4 is 5.32 Å². The number of nitrogens with one attached hydrogen (secondary N) is 1. The zero-order valence-electron chi connectivity index (χ0n) is 13.7. The Labute approximate surface area is 140 Å². The lowest BCUT2D eigenvalue weighted by atomic mass is 10.2. The second-order valence-electron chi connectivity index (χ2n) is 6.08. The van der Waals surface area contributed by atoms with Gasteiger partial charge >= 0.3 is 0 Å². The SMILES string of the molecule is Cc1noc(C)c1CSCC(=O)Nc1ccnn1C(C)C1CC1. The van der Waals surface area contributed by atoms with Crippen molar-refractivity contribution in [2.24, 2.45) is 5.92 Å². The molecule has 1 N–H and O–H groups in total. The number of thioether (sulfide) groups is 1. The molecule has 0 aromatic carbocycles. The highest BCUT2D eigenvalue weighted by atomic mass is 32.2. The van der Waals surface area contributed by atoms with E-state index in [1.807, 2.05) is 24.6 Å². The van der Waals surface area contributed by atoms with E-state index in [1.54, 1.807) is 18.0 Å². The molecule has 124 valence electrons. The Morgan fingerprint density at radius 2 is 2.30 bits per heavy atom.